The molecule has 0 radical (unpaired) electrons. The van der Waals surface area contributed by atoms with Gasteiger partial charge >= 0.3 is 0 Å². The summed E-state index contributed by atoms with van der Waals surface area (Å²) in [4.78, 5) is 13.5. The lowest BCUT2D eigenvalue weighted by atomic mass is 10.2. The number of amides is 1. The van der Waals surface area contributed by atoms with Crippen LogP contribution in [0, 0.1) is 0 Å². The lowest BCUT2D eigenvalue weighted by Gasteiger charge is -2.17. The van der Waals surface area contributed by atoms with Gasteiger partial charge in [-0.25, -0.2) is 0 Å². The lowest BCUT2D eigenvalue weighted by molar-refractivity contribution is -0.140. The van der Waals surface area contributed by atoms with E-state index >= 15 is 0 Å². The van der Waals surface area contributed by atoms with Crippen LogP contribution in [0.2, 0.25) is 0 Å². The van der Waals surface area contributed by atoms with Crippen molar-refractivity contribution in [1.29, 1.82) is 0 Å². The first-order chi connectivity index (χ1) is 11.6. The van der Waals surface area contributed by atoms with Crippen molar-refractivity contribution in [3.8, 4) is 0 Å². The van der Waals surface area contributed by atoms with Crippen LogP contribution < -0.4 is 5.32 Å². The Bertz CT molecular complexity index is 674. The summed E-state index contributed by atoms with van der Waals surface area (Å²) < 4.78 is 5.81. The van der Waals surface area contributed by atoms with Crippen LogP contribution in [0.5, 0.6) is 0 Å². The predicted octanol–water partition coefficient (Wildman–Crippen LogP) is 2.18. The van der Waals surface area contributed by atoms with Gasteiger partial charge in [-0.15, -0.1) is 10.2 Å². The average molecular weight is 346 g/mol. The zero-order chi connectivity index (χ0) is 16.9. The number of nitrogens with one attached hydrogen (secondary N) is 1. The minimum absolute atomic E-state index is 0.0403. The van der Waals surface area contributed by atoms with E-state index in [2.05, 4.69) is 27.6 Å². The normalized spacial score (nSPS) is 20.1. The first-order valence-electron chi connectivity index (χ1n) is 8.08. The highest BCUT2D eigenvalue weighted by Gasteiger charge is 2.31. The Morgan fingerprint density at radius 1 is 1.29 bits per heavy atom. The van der Waals surface area contributed by atoms with Gasteiger partial charge in [0.15, 0.2) is 0 Å². The molecule has 2 heterocycles. The standard InChI is InChI=1S/C17H22N4O2S/c1-21(2)16(22)14-9-8-13(23-14)11-18-17-20-19-15(24-17)10-12-6-4-3-5-7-12/h3-7,13-14H,8-11H2,1-2H3,(H,18,20). The minimum Gasteiger partial charge on any atom is -0.363 e. The molecule has 1 saturated heterocycles. The quantitative estimate of drug-likeness (QED) is 0.868. The number of likely N-dealkylation sites (N-methyl/N-ethyl adjacent to an activating group) is 1. The molecule has 0 saturated carbocycles. The van der Waals surface area contributed by atoms with Crippen molar-refractivity contribution >= 4 is 22.4 Å². The van der Waals surface area contributed by atoms with Crippen LogP contribution in [-0.2, 0) is 16.0 Å². The second-order valence-electron chi connectivity index (χ2n) is 6.10. The van der Waals surface area contributed by atoms with Crippen molar-refractivity contribution in [1.82, 2.24) is 15.1 Å². The molecule has 3 rings (SSSR count). The van der Waals surface area contributed by atoms with Gasteiger partial charge < -0.3 is 15.0 Å². The molecule has 1 aliphatic heterocycles. The number of hydrogen-bond acceptors (Lipinski definition) is 6. The fraction of sp³-hybridized carbons (Fsp3) is 0.471. The number of anilines is 1. The van der Waals surface area contributed by atoms with Crippen LogP contribution in [0.4, 0.5) is 5.13 Å². The van der Waals surface area contributed by atoms with Crippen LogP contribution in [0.15, 0.2) is 30.3 Å². The predicted molar refractivity (Wildman–Crippen MR) is 94.2 cm³/mol. The molecule has 0 aliphatic carbocycles. The lowest BCUT2D eigenvalue weighted by Crippen LogP contribution is -2.34. The average Bonchev–Trinajstić information content (AvgIpc) is 3.22. The number of benzene rings is 1. The van der Waals surface area contributed by atoms with E-state index in [1.807, 2.05) is 18.2 Å². The summed E-state index contributed by atoms with van der Waals surface area (Å²) in [7, 11) is 3.51. The van der Waals surface area contributed by atoms with Gasteiger partial charge in [0.05, 0.1) is 6.10 Å². The van der Waals surface area contributed by atoms with Gasteiger partial charge in [0, 0.05) is 27.1 Å². The van der Waals surface area contributed by atoms with E-state index in [1.165, 1.54) is 5.56 Å². The Labute approximate surface area is 145 Å². The molecule has 1 aliphatic rings. The van der Waals surface area contributed by atoms with Gasteiger partial charge in [0.2, 0.25) is 5.13 Å². The van der Waals surface area contributed by atoms with E-state index in [1.54, 1.807) is 30.3 Å². The summed E-state index contributed by atoms with van der Waals surface area (Å²) in [6.07, 6.45) is 2.18. The van der Waals surface area contributed by atoms with Gasteiger partial charge in [-0.2, -0.15) is 0 Å². The zero-order valence-electron chi connectivity index (χ0n) is 13.9. The number of carbonyl (C=O) groups is 1. The summed E-state index contributed by atoms with van der Waals surface area (Å²) in [6.45, 7) is 0.650. The van der Waals surface area contributed by atoms with Gasteiger partial charge in [0.25, 0.3) is 5.91 Å². The number of carbonyl (C=O) groups excluding carboxylic acids is 1. The molecule has 6 nitrogen and oxygen atoms in total. The van der Waals surface area contributed by atoms with Crippen LogP contribution in [0.3, 0.4) is 0 Å². The van der Waals surface area contributed by atoms with E-state index in [-0.39, 0.29) is 18.1 Å². The maximum absolute atomic E-state index is 11.9. The van der Waals surface area contributed by atoms with E-state index in [9.17, 15) is 4.79 Å². The molecule has 1 aromatic carbocycles. The summed E-state index contributed by atoms with van der Waals surface area (Å²) in [5.41, 5.74) is 1.23. The van der Waals surface area contributed by atoms with Crippen molar-refractivity contribution in [2.75, 3.05) is 26.0 Å². The van der Waals surface area contributed by atoms with Crippen LogP contribution >= 0.6 is 11.3 Å². The van der Waals surface area contributed by atoms with Gasteiger partial charge in [-0.05, 0) is 18.4 Å². The Morgan fingerprint density at radius 3 is 2.83 bits per heavy atom. The molecule has 1 aromatic heterocycles. The first-order valence-corrected chi connectivity index (χ1v) is 8.90. The monoisotopic (exact) mass is 346 g/mol. The first kappa shape index (κ1) is 16.9. The van der Waals surface area contributed by atoms with Crippen molar-refractivity contribution in [3.63, 3.8) is 0 Å². The number of nitrogens with zero attached hydrogens (tertiary/aromatic N) is 3. The highest BCUT2D eigenvalue weighted by molar-refractivity contribution is 7.15. The SMILES string of the molecule is CN(C)C(=O)C1CCC(CNc2nnc(Cc3ccccc3)s2)O1. The molecule has 7 heteroatoms. The Kier molecular flexibility index (Phi) is 5.42. The Morgan fingerprint density at radius 2 is 2.08 bits per heavy atom. The summed E-state index contributed by atoms with van der Waals surface area (Å²) in [5.74, 6) is 0.0403. The van der Waals surface area contributed by atoms with E-state index in [4.69, 9.17) is 4.74 Å². The van der Waals surface area contributed by atoms with Crippen LogP contribution in [0.25, 0.3) is 0 Å². The molecule has 0 spiro atoms. The van der Waals surface area contributed by atoms with E-state index in [0.29, 0.717) is 6.54 Å². The third-order valence-corrected chi connectivity index (χ3v) is 4.85. The van der Waals surface area contributed by atoms with Crippen molar-refractivity contribution in [2.24, 2.45) is 0 Å². The van der Waals surface area contributed by atoms with Crippen molar-refractivity contribution in [3.05, 3.63) is 40.9 Å². The topological polar surface area (TPSA) is 67.4 Å². The van der Waals surface area contributed by atoms with E-state index < -0.39 is 0 Å². The largest absolute Gasteiger partial charge is 0.363 e. The van der Waals surface area contributed by atoms with Gasteiger partial charge in [-0.1, -0.05) is 41.7 Å². The third kappa shape index (κ3) is 4.30. The molecular formula is C17H22N4O2S. The van der Waals surface area contributed by atoms with Crippen molar-refractivity contribution < 1.29 is 9.53 Å². The van der Waals surface area contributed by atoms with Crippen LogP contribution in [0.1, 0.15) is 23.4 Å². The fourth-order valence-corrected chi connectivity index (χ4v) is 3.47. The molecule has 24 heavy (non-hydrogen) atoms. The van der Waals surface area contributed by atoms with Gasteiger partial charge in [0.1, 0.15) is 11.1 Å². The molecule has 128 valence electrons. The van der Waals surface area contributed by atoms with Crippen molar-refractivity contribution in [2.45, 2.75) is 31.5 Å². The molecule has 2 aromatic rings. The highest BCUT2D eigenvalue weighted by atomic mass is 32.1. The summed E-state index contributed by atoms with van der Waals surface area (Å²) in [6, 6.07) is 10.2. The molecule has 1 amide bonds. The molecule has 1 N–H and O–H groups in total. The fourth-order valence-electron chi connectivity index (χ4n) is 2.69. The number of ether oxygens (including phenoxy) is 1. The number of rotatable bonds is 6. The maximum atomic E-state index is 11.9. The maximum Gasteiger partial charge on any atom is 0.251 e. The smallest absolute Gasteiger partial charge is 0.251 e. The zero-order valence-corrected chi connectivity index (χ0v) is 14.8. The van der Waals surface area contributed by atoms with Gasteiger partial charge in [-0.3, -0.25) is 4.79 Å². The summed E-state index contributed by atoms with van der Waals surface area (Å²) in [5, 5.41) is 13.5. The Hall–Kier alpha value is -1.99. The second-order valence-corrected chi connectivity index (χ2v) is 7.16. The third-order valence-electron chi connectivity index (χ3n) is 3.97. The van der Waals surface area contributed by atoms with Crippen LogP contribution in [-0.4, -0.2) is 53.9 Å². The molecule has 2 atom stereocenters. The molecule has 0 bridgehead atoms. The van der Waals surface area contributed by atoms with E-state index in [0.717, 1.165) is 29.4 Å². The number of aromatic nitrogens is 2. The number of hydrogen-bond donors (Lipinski definition) is 1. The second kappa shape index (κ2) is 7.72. The minimum atomic E-state index is -0.310. The Balaban J connectivity index is 1.47. The highest BCUT2D eigenvalue weighted by Crippen LogP contribution is 2.23. The molecule has 2 unspecified atom stereocenters. The summed E-state index contributed by atoms with van der Waals surface area (Å²) >= 11 is 1.56. The molecule has 1 fully saturated rings. The molecular weight excluding hydrogens is 324 g/mol.